The Bertz CT molecular complexity index is 183. The van der Waals surface area contributed by atoms with E-state index < -0.39 is 0 Å². The third-order valence-electron chi connectivity index (χ3n) is 2.31. The first-order chi connectivity index (χ1) is 6.43. The van der Waals surface area contributed by atoms with E-state index in [9.17, 15) is 0 Å². The SMILES string of the molecule is CCCCCCN=C1CCC=NC1. The molecule has 0 fully saturated rings. The fourth-order valence-electron chi connectivity index (χ4n) is 1.48. The Kier molecular flexibility index (Phi) is 5.46. The highest BCUT2D eigenvalue weighted by molar-refractivity contribution is 5.91. The maximum atomic E-state index is 4.56. The summed E-state index contributed by atoms with van der Waals surface area (Å²) < 4.78 is 0. The summed E-state index contributed by atoms with van der Waals surface area (Å²) in [5.74, 6) is 0. The van der Waals surface area contributed by atoms with Gasteiger partial charge in [0.1, 0.15) is 0 Å². The first-order valence-electron chi connectivity index (χ1n) is 5.44. The summed E-state index contributed by atoms with van der Waals surface area (Å²) in [4.78, 5) is 8.78. The maximum absolute atomic E-state index is 4.56. The minimum absolute atomic E-state index is 0.855. The van der Waals surface area contributed by atoms with Gasteiger partial charge in [-0.25, -0.2) is 0 Å². The number of unbranched alkanes of at least 4 members (excludes halogenated alkanes) is 3. The molecule has 1 heterocycles. The predicted molar refractivity (Wildman–Crippen MR) is 59.0 cm³/mol. The highest BCUT2D eigenvalue weighted by atomic mass is 14.8. The first-order valence-corrected chi connectivity index (χ1v) is 5.44. The molecule has 0 amide bonds. The van der Waals surface area contributed by atoms with Gasteiger partial charge >= 0.3 is 0 Å². The Morgan fingerprint density at radius 3 is 3.00 bits per heavy atom. The van der Waals surface area contributed by atoms with Crippen LogP contribution in [0.25, 0.3) is 0 Å². The maximum Gasteiger partial charge on any atom is 0.0764 e. The van der Waals surface area contributed by atoms with Crippen molar-refractivity contribution in [1.82, 2.24) is 0 Å². The number of rotatable bonds is 5. The van der Waals surface area contributed by atoms with E-state index >= 15 is 0 Å². The van der Waals surface area contributed by atoms with Crippen LogP contribution in [0, 0.1) is 0 Å². The molecule has 0 aliphatic carbocycles. The summed E-state index contributed by atoms with van der Waals surface area (Å²) in [6, 6.07) is 0. The second kappa shape index (κ2) is 6.81. The first kappa shape index (κ1) is 10.4. The van der Waals surface area contributed by atoms with Crippen molar-refractivity contribution in [3.05, 3.63) is 0 Å². The molecular weight excluding hydrogens is 160 g/mol. The lowest BCUT2D eigenvalue weighted by atomic mass is 10.1. The van der Waals surface area contributed by atoms with Gasteiger partial charge in [0.05, 0.1) is 6.54 Å². The van der Waals surface area contributed by atoms with E-state index in [2.05, 4.69) is 16.9 Å². The van der Waals surface area contributed by atoms with Gasteiger partial charge in [-0.2, -0.15) is 0 Å². The van der Waals surface area contributed by atoms with Crippen molar-refractivity contribution in [3.8, 4) is 0 Å². The molecule has 0 aromatic rings. The van der Waals surface area contributed by atoms with E-state index in [-0.39, 0.29) is 0 Å². The van der Waals surface area contributed by atoms with Crippen molar-refractivity contribution < 1.29 is 0 Å². The fraction of sp³-hybridized carbons (Fsp3) is 0.818. The summed E-state index contributed by atoms with van der Waals surface area (Å²) in [5.41, 5.74) is 1.30. The Morgan fingerprint density at radius 2 is 2.31 bits per heavy atom. The third-order valence-corrected chi connectivity index (χ3v) is 2.31. The normalized spacial score (nSPS) is 19.6. The summed E-state index contributed by atoms with van der Waals surface area (Å²) in [6.45, 7) is 4.11. The molecule has 1 rings (SSSR count). The van der Waals surface area contributed by atoms with E-state index in [4.69, 9.17) is 0 Å². The van der Waals surface area contributed by atoms with Crippen molar-refractivity contribution >= 4 is 11.9 Å². The molecule has 0 N–H and O–H groups in total. The Morgan fingerprint density at radius 1 is 1.38 bits per heavy atom. The van der Waals surface area contributed by atoms with E-state index in [0.717, 1.165) is 25.9 Å². The highest BCUT2D eigenvalue weighted by Gasteiger charge is 2.00. The van der Waals surface area contributed by atoms with Crippen molar-refractivity contribution in [2.24, 2.45) is 9.98 Å². The van der Waals surface area contributed by atoms with E-state index in [1.807, 2.05) is 6.21 Å². The van der Waals surface area contributed by atoms with Gasteiger partial charge < -0.3 is 0 Å². The third kappa shape index (κ3) is 4.81. The van der Waals surface area contributed by atoms with E-state index in [1.54, 1.807) is 0 Å². The molecule has 0 aromatic heterocycles. The Hall–Kier alpha value is -0.660. The number of hydrogen-bond acceptors (Lipinski definition) is 2. The van der Waals surface area contributed by atoms with Gasteiger partial charge in [-0.15, -0.1) is 0 Å². The summed E-state index contributed by atoms with van der Waals surface area (Å²) >= 11 is 0. The van der Waals surface area contributed by atoms with Crippen LogP contribution in [0.2, 0.25) is 0 Å². The standard InChI is InChI=1S/C11H20N2/c1-2-3-4-5-9-13-11-7-6-8-12-10-11/h8H,2-7,9-10H2,1H3. The van der Waals surface area contributed by atoms with E-state index in [1.165, 1.54) is 31.4 Å². The zero-order chi connectivity index (χ0) is 9.36. The van der Waals surface area contributed by atoms with Crippen LogP contribution in [-0.2, 0) is 0 Å². The molecule has 0 spiro atoms. The predicted octanol–water partition coefficient (Wildman–Crippen LogP) is 2.87. The van der Waals surface area contributed by atoms with Gasteiger partial charge in [-0.1, -0.05) is 26.2 Å². The average molecular weight is 180 g/mol. The molecule has 0 radical (unpaired) electrons. The van der Waals surface area contributed by atoms with Crippen LogP contribution >= 0.6 is 0 Å². The van der Waals surface area contributed by atoms with Crippen LogP contribution in [0.5, 0.6) is 0 Å². The van der Waals surface area contributed by atoms with Crippen LogP contribution in [0.4, 0.5) is 0 Å². The number of aliphatic imine (C=N–C) groups is 2. The van der Waals surface area contributed by atoms with Crippen molar-refractivity contribution in [1.29, 1.82) is 0 Å². The molecule has 0 saturated carbocycles. The topological polar surface area (TPSA) is 24.7 Å². The lowest BCUT2D eigenvalue weighted by Gasteiger charge is -2.06. The molecule has 0 aromatic carbocycles. The Balaban J connectivity index is 2.05. The second-order valence-corrected chi connectivity index (χ2v) is 3.57. The zero-order valence-electron chi connectivity index (χ0n) is 8.63. The van der Waals surface area contributed by atoms with Crippen molar-refractivity contribution in [2.45, 2.75) is 45.4 Å². The van der Waals surface area contributed by atoms with Gasteiger partial charge in [0.25, 0.3) is 0 Å². The molecule has 0 unspecified atom stereocenters. The minimum atomic E-state index is 0.855. The van der Waals surface area contributed by atoms with Gasteiger partial charge in [0.2, 0.25) is 0 Å². The van der Waals surface area contributed by atoms with Crippen LogP contribution in [-0.4, -0.2) is 25.0 Å². The molecule has 2 heteroatoms. The smallest absolute Gasteiger partial charge is 0.0764 e. The molecular formula is C11H20N2. The second-order valence-electron chi connectivity index (χ2n) is 3.57. The van der Waals surface area contributed by atoms with Gasteiger partial charge in [-0.3, -0.25) is 9.98 Å². The quantitative estimate of drug-likeness (QED) is 0.581. The van der Waals surface area contributed by atoms with Gasteiger partial charge in [0, 0.05) is 12.3 Å². The van der Waals surface area contributed by atoms with Crippen LogP contribution < -0.4 is 0 Å². The molecule has 0 bridgehead atoms. The summed E-state index contributed by atoms with van der Waals surface area (Å²) in [6.07, 6.45) is 9.47. The van der Waals surface area contributed by atoms with Crippen molar-refractivity contribution in [3.63, 3.8) is 0 Å². The minimum Gasteiger partial charge on any atom is -0.292 e. The van der Waals surface area contributed by atoms with Crippen LogP contribution in [0.1, 0.15) is 45.4 Å². The van der Waals surface area contributed by atoms with Gasteiger partial charge in [0.15, 0.2) is 0 Å². The number of hydrogen-bond donors (Lipinski definition) is 0. The monoisotopic (exact) mass is 180 g/mol. The Labute approximate surface area is 81.2 Å². The van der Waals surface area contributed by atoms with Crippen LogP contribution in [0.15, 0.2) is 9.98 Å². The molecule has 2 nitrogen and oxygen atoms in total. The fourth-order valence-corrected chi connectivity index (χ4v) is 1.48. The summed E-state index contributed by atoms with van der Waals surface area (Å²) in [5, 5.41) is 0. The highest BCUT2D eigenvalue weighted by Crippen LogP contribution is 2.02. The summed E-state index contributed by atoms with van der Waals surface area (Å²) in [7, 11) is 0. The lowest BCUT2D eigenvalue weighted by molar-refractivity contribution is 0.674. The van der Waals surface area contributed by atoms with E-state index in [0.29, 0.717) is 0 Å². The largest absolute Gasteiger partial charge is 0.292 e. The molecule has 1 aliphatic rings. The molecule has 74 valence electrons. The molecule has 1 aliphatic heterocycles. The van der Waals surface area contributed by atoms with Gasteiger partial charge in [-0.05, 0) is 25.5 Å². The van der Waals surface area contributed by atoms with Crippen molar-refractivity contribution in [2.75, 3.05) is 13.1 Å². The average Bonchev–Trinajstić information content (AvgIpc) is 2.19. The zero-order valence-corrected chi connectivity index (χ0v) is 8.63. The molecule has 0 atom stereocenters. The number of nitrogens with zero attached hydrogens (tertiary/aromatic N) is 2. The molecule has 13 heavy (non-hydrogen) atoms. The van der Waals surface area contributed by atoms with Crippen LogP contribution in [0.3, 0.4) is 0 Å². The lowest BCUT2D eigenvalue weighted by Crippen LogP contribution is -2.09. The molecule has 0 saturated heterocycles.